The first-order valence-electron chi connectivity index (χ1n) is 10.5. The summed E-state index contributed by atoms with van der Waals surface area (Å²) in [6, 6.07) is 8.66. The first-order chi connectivity index (χ1) is 16.7. The molecule has 1 heterocycles. The van der Waals surface area contributed by atoms with Gasteiger partial charge in [0.15, 0.2) is 0 Å². The van der Waals surface area contributed by atoms with Crippen molar-refractivity contribution >= 4 is 29.6 Å². The minimum Gasteiger partial charge on any atom is -0.400 e. The molecule has 0 aliphatic heterocycles. The van der Waals surface area contributed by atoms with Gasteiger partial charge in [0.2, 0.25) is 0 Å². The molecule has 0 spiro atoms. The van der Waals surface area contributed by atoms with E-state index in [-0.39, 0.29) is 5.84 Å². The van der Waals surface area contributed by atoms with Crippen molar-refractivity contribution in [3.63, 3.8) is 0 Å². The van der Waals surface area contributed by atoms with Gasteiger partial charge >= 0.3 is 0 Å². The lowest BCUT2D eigenvalue weighted by Crippen LogP contribution is -2.14. The summed E-state index contributed by atoms with van der Waals surface area (Å²) in [5, 5.41) is 14.3. The fraction of sp³-hybridized carbons (Fsp3) is 0.107. The second-order valence-electron chi connectivity index (χ2n) is 6.93. The molecule has 1 aromatic carbocycles. The third-order valence-electron chi connectivity index (χ3n) is 4.10. The van der Waals surface area contributed by atoms with Crippen LogP contribution in [-0.2, 0) is 0 Å². The topological polar surface area (TPSA) is 126 Å². The number of hydrogen-bond acceptors (Lipinski definition) is 6. The number of carbonyl (C=O) groups is 1. The van der Waals surface area contributed by atoms with E-state index in [0.717, 1.165) is 23.9 Å². The number of nitrogens with one attached hydrogen (secondary N) is 1. The molecule has 184 valence electrons. The zero-order valence-electron chi connectivity index (χ0n) is 20.5. The highest BCUT2D eigenvalue weighted by Gasteiger charge is 2.06. The van der Waals surface area contributed by atoms with E-state index < -0.39 is 0 Å². The smallest absolute Gasteiger partial charge is 0.150 e. The summed E-state index contributed by atoms with van der Waals surface area (Å²) < 4.78 is 0. The van der Waals surface area contributed by atoms with Gasteiger partial charge in [-0.1, -0.05) is 85.6 Å². The molecule has 0 atom stereocenters. The highest BCUT2D eigenvalue weighted by Crippen LogP contribution is 2.28. The number of amidine groups is 1. The zero-order chi connectivity index (χ0) is 26.8. The molecule has 2 aromatic rings. The van der Waals surface area contributed by atoms with E-state index in [2.05, 4.69) is 38.6 Å². The molecular formula is C28H34N4O2S. The summed E-state index contributed by atoms with van der Waals surface area (Å²) in [5.74, 6) is -0.108. The summed E-state index contributed by atoms with van der Waals surface area (Å²) in [5.41, 5.74) is 15.4. The quantitative estimate of drug-likeness (QED) is 0.147. The monoisotopic (exact) mass is 490 g/mol. The fourth-order valence-electron chi connectivity index (χ4n) is 2.40. The number of thioether (sulfide) groups is 1. The van der Waals surface area contributed by atoms with Crippen LogP contribution >= 0.6 is 11.8 Å². The zero-order valence-corrected chi connectivity index (χ0v) is 21.3. The van der Waals surface area contributed by atoms with Crippen LogP contribution in [0, 0.1) is 5.41 Å². The second kappa shape index (κ2) is 17.5. The average molecular weight is 491 g/mol. The molecule has 6 nitrogen and oxygen atoms in total. The minimum atomic E-state index is -0.108. The molecule has 2 rings (SSSR count). The number of rotatable bonds is 9. The Hall–Kier alpha value is -3.94. The van der Waals surface area contributed by atoms with Gasteiger partial charge < -0.3 is 16.6 Å². The van der Waals surface area contributed by atoms with Crippen molar-refractivity contribution in [1.82, 2.24) is 4.98 Å². The number of carbonyl (C=O) groups excluding carboxylic acids is 1. The van der Waals surface area contributed by atoms with Crippen molar-refractivity contribution in [1.29, 1.82) is 5.41 Å². The van der Waals surface area contributed by atoms with E-state index >= 15 is 0 Å². The number of pyridine rings is 1. The maximum absolute atomic E-state index is 10.6. The van der Waals surface area contributed by atoms with Crippen LogP contribution in [0.1, 0.15) is 29.8 Å². The molecule has 0 radical (unpaired) electrons. The van der Waals surface area contributed by atoms with Crippen LogP contribution in [0.15, 0.2) is 108 Å². The summed E-state index contributed by atoms with van der Waals surface area (Å²) in [6.45, 7) is 15.4. The Balaban J connectivity index is 0.000000628. The van der Waals surface area contributed by atoms with Crippen LogP contribution in [0.4, 0.5) is 5.69 Å². The number of nitrogens with two attached hydrogens (primary N) is 2. The molecule has 0 amide bonds. The van der Waals surface area contributed by atoms with E-state index in [1.54, 1.807) is 54.2 Å². The molecule has 0 fully saturated rings. The number of nitrogens with zero attached hydrogens (tertiary/aromatic N) is 1. The Labute approximate surface area is 212 Å². The lowest BCUT2D eigenvalue weighted by Gasteiger charge is -2.06. The van der Waals surface area contributed by atoms with Crippen molar-refractivity contribution in [3.05, 3.63) is 119 Å². The molecule has 35 heavy (non-hydrogen) atoms. The maximum Gasteiger partial charge on any atom is 0.150 e. The molecule has 0 saturated heterocycles. The number of aliphatic hydroxyl groups is 1. The summed E-state index contributed by atoms with van der Waals surface area (Å²) in [4.78, 5) is 17.0. The standard InChI is InChI=1S/C14H18S.C13H12N4O.CH4O/c1-6-8-10-13(5)15-14(12(3)4)11-9-7-2;14-11-5-12(17-6-10(11)13(15)16)9-3-1-8(7-18)2-4-9;1-2/h6-11H,1-2,5H2,3-4H3;1-7H,(H2,14,17)(H3,15,16);2H,1H3/b10-8-,11-9-;;. The van der Waals surface area contributed by atoms with Crippen molar-refractivity contribution in [2.24, 2.45) is 5.73 Å². The van der Waals surface area contributed by atoms with Crippen molar-refractivity contribution in [3.8, 4) is 11.3 Å². The molecule has 0 aliphatic carbocycles. The van der Waals surface area contributed by atoms with Crippen LogP contribution in [0.3, 0.4) is 0 Å². The predicted octanol–water partition coefficient (Wildman–Crippen LogP) is 6.05. The van der Waals surface area contributed by atoms with Crippen LogP contribution in [0.2, 0.25) is 0 Å². The van der Waals surface area contributed by atoms with Gasteiger partial charge in [-0.05, 0) is 32.1 Å². The van der Waals surface area contributed by atoms with Gasteiger partial charge in [0.25, 0.3) is 0 Å². The Kier molecular flexibility index (Phi) is 15.6. The minimum absolute atomic E-state index is 0.108. The Bertz CT molecular complexity index is 1110. The van der Waals surface area contributed by atoms with Gasteiger partial charge in [0.1, 0.15) is 12.1 Å². The largest absolute Gasteiger partial charge is 0.400 e. The third kappa shape index (κ3) is 11.7. The maximum atomic E-state index is 10.6. The number of aromatic nitrogens is 1. The first-order valence-corrected chi connectivity index (χ1v) is 11.3. The lowest BCUT2D eigenvalue weighted by atomic mass is 10.1. The summed E-state index contributed by atoms with van der Waals surface area (Å²) in [7, 11) is 1.00. The van der Waals surface area contributed by atoms with Gasteiger partial charge in [0, 0.05) is 39.9 Å². The molecular weight excluding hydrogens is 456 g/mol. The normalized spacial score (nSPS) is 9.83. The second-order valence-corrected chi connectivity index (χ2v) is 8.10. The van der Waals surface area contributed by atoms with Gasteiger partial charge in [-0.25, -0.2) is 0 Å². The van der Waals surface area contributed by atoms with Gasteiger partial charge in [-0.3, -0.25) is 15.2 Å². The van der Waals surface area contributed by atoms with Crippen LogP contribution < -0.4 is 11.5 Å². The van der Waals surface area contributed by atoms with E-state index in [0.29, 0.717) is 22.5 Å². The van der Waals surface area contributed by atoms with Crippen LogP contribution in [0.25, 0.3) is 11.3 Å². The number of benzene rings is 1. The first kappa shape index (κ1) is 31.1. The average Bonchev–Trinajstić information content (AvgIpc) is 2.86. The highest BCUT2D eigenvalue weighted by atomic mass is 32.2. The number of anilines is 1. The van der Waals surface area contributed by atoms with Gasteiger partial charge in [-0.2, -0.15) is 0 Å². The SMILES string of the molecule is C=C/C=C\C(=C)SC(/C=C\C=C)=C(C)C.CO.N=C(N)c1cnc(-c2ccc(C=O)cc2)cc1N. The van der Waals surface area contributed by atoms with E-state index in [9.17, 15) is 4.79 Å². The van der Waals surface area contributed by atoms with Crippen molar-refractivity contribution < 1.29 is 9.90 Å². The number of aliphatic hydroxyl groups excluding tert-OH is 1. The summed E-state index contributed by atoms with van der Waals surface area (Å²) >= 11 is 1.65. The molecule has 0 bridgehead atoms. The van der Waals surface area contributed by atoms with Crippen molar-refractivity contribution in [2.75, 3.05) is 12.8 Å². The van der Waals surface area contributed by atoms with Gasteiger partial charge in [0.05, 0.1) is 11.3 Å². The van der Waals surface area contributed by atoms with E-state index in [4.69, 9.17) is 22.0 Å². The predicted molar refractivity (Wildman–Crippen MR) is 152 cm³/mol. The Morgan fingerprint density at radius 1 is 1.09 bits per heavy atom. The number of hydrogen-bond donors (Lipinski definition) is 4. The van der Waals surface area contributed by atoms with Crippen LogP contribution in [0.5, 0.6) is 0 Å². The van der Waals surface area contributed by atoms with Crippen LogP contribution in [-0.4, -0.2) is 29.3 Å². The Morgan fingerprint density at radius 2 is 1.66 bits per heavy atom. The van der Waals surface area contributed by atoms with E-state index in [1.807, 2.05) is 24.3 Å². The molecule has 1 aromatic heterocycles. The number of allylic oxidation sites excluding steroid dienone is 7. The molecule has 0 unspecified atom stereocenters. The summed E-state index contributed by atoms with van der Waals surface area (Å²) in [6.07, 6.45) is 13.6. The number of aldehydes is 1. The Morgan fingerprint density at radius 3 is 2.11 bits per heavy atom. The fourth-order valence-corrected chi connectivity index (χ4v) is 3.17. The molecule has 0 aliphatic rings. The molecule has 6 N–H and O–H groups in total. The highest BCUT2D eigenvalue weighted by molar-refractivity contribution is 8.07. The van der Waals surface area contributed by atoms with Crippen molar-refractivity contribution in [2.45, 2.75) is 13.8 Å². The molecule has 0 saturated carbocycles. The van der Waals surface area contributed by atoms with Gasteiger partial charge in [-0.15, -0.1) is 0 Å². The molecule has 7 heteroatoms. The number of nitrogen functional groups attached to an aromatic ring is 2. The van der Waals surface area contributed by atoms with E-state index in [1.165, 1.54) is 16.7 Å². The lowest BCUT2D eigenvalue weighted by molar-refractivity contribution is 0.112. The third-order valence-corrected chi connectivity index (χ3v) is 5.27.